The van der Waals surface area contributed by atoms with E-state index in [4.69, 9.17) is 11.6 Å². The average Bonchev–Trinajstić information content (AvgIpc) is 2.62. The van der Waals surface area contributed by atoms with Crippen LogP contribution in [0.5, 0.6) is 0 Å². The van der Waals surface area contributed by atoms with Crippen LogP contribution in [0.4, 0.5) is 4.39 Å². The standard InChI is InChI=1S/C11H11ClFN/c12-10-2-1-9(11(13)6-10)5-8-3-4-14-7-8/h1-2,5-6,14H,3-4,7H2/b8-5-. The van der Waals surface area contributed by atoms with Crippen molar-refractivity contribution in [1.29, 1.82) is 0 Å². The summed E-state index contributed by atoms with van der Waals surface area (Å²) in [4.78, 5) is 0. The first kappa shape index (κ1) is 9.69. The Labute approximate surface area is 87.6 Å². The molecular formula is C11H11ClFN. The fourth-order valence-electron chi connectivity index (χ4n) is 1.55. The van der Waals surface area contributed by atoms with Gasteiger partial charge in [-0.25, -0.2) is 4.39 Å². The van der Waals surface area contributed by atoms with Crippen molar-refractivity contribution in [3.63, 3.8) is 0 Å². The molecule has 1 aromatic carbocycles. The van der Waals surface area contributed by atoms with Crippen LogP contribution >= 0.6 is 11.6 Å². The lowest BCUT2D eigenvalue weighted by Gasteiger charge is -1.99. The maximum atomic E-state index is 13.4. The van der Waals surface area contributed by atoms with Gasteiger partial charge >= 0.3 is 0 Å². The lowest BCUT2D eigenvalue weighted by molar-refractivity contribution is 0.625. The number of benzene rings is 1. The summed E-state index contributed by atoms with van der Waals surface area (Å²) >= 11 is 5.66. The van der Waals surface area contributed by atoms with Crippen molar-refractivity contribution in [2.45, 2.75) is 6.42 Å². The molecule has 0 bridgehead atoms. The van der Waals surface area contributed by atoms with Gasteiger partial charge < -0.3 is 5.32 Å². The van der Waals surface area contributed by atoms with E-state index in [0.29, 0.717) is 10.6 Å². The summed E-state index contributed by atoms with van der Waals surface area (Å²) in [5.74, 6) is -0.253. The van der Waals surface area contributed by atoms with Crippen LogP contribution in [0.15, 0.2) is 23.8 Å². The van der Waals surface area contributed by atoms with E-state index < -0.39 is 0 Å². The van der Waals surface area contributed by atoms with E-state index in [1.807, 2.05) is 6.08 Å². The van der Waals surface area contributed by atoms with Gasteiger partial charge in [-0.2, -0.15) is 0 Å². The van der Waals surface area contributed by atoms with Gasteiger partial charge in [0.15, 0.2) is 0 Å². The Hall–Kier alpha value is -0.860. The predicted octanol–water partition coefficient (Wildman–Crippen LogP) is 2.86. The van der Waals surface area contributed by atoms with E-state index in [1.54, 1.807) is 12.1 Å². The quantitative estimate of drug-likeness (QED) is 0.753. The first-order valence-electron chi connectivity index (χ1n) is 4.61. The molecular weight excluding hydrogens is 201 g/mol. The normalized spacial score (nSPS) is 19.1. The lowest BCUT2D eigenvalue weighted by Crippen LogP contribution is -2.04. The summed E-state index contributed by atoms with van der Waals surface area (Å²) in [5, 5.41) is 3.65. The molecule has 1 aliphatic rings. The number of hydrogen-bond donors (Lipinski definition) is 1. The first-order valence-corrected chi connectivity index (χ1v) is 4.99. The third kappa shape index (κ3) is 2.14. The van der Waals surface area contributed by atoms with Crippen LogP contribution in [0.1, 0.15) is 12.0 Å². The van der Waals surface area contributed by atoms with Gasteiger partial charge in [-0.05, 0) is 25.1 Å². The zero-order valence-electron chi connectivity index (χ0n) is 7.69. The minimum Gasteiger partial charge on any atom is -0.313 e. The topological polar surface area (TPSA) is 12.0 Å². The van der Waals surface area contributed by atoms with E-state index in [0.717, 1.165) is 19.5 Å². The zero-order valence-corrected chi connectivity index (χ0v) is 8.44. The molecule has 14 heavy (non-hydrogen) atoms. The highest BCUT2D eigenvalue weighted by Gasteiger charge is 2.07. The van der Waals surface area contributed by atoms with Gasteiger partial charge in [0.2, 0.25) is 0 Å². The molecule has 1 saturated heterocycles. The molecule has 1 fully saturated rings. The smallest absolute Gasteiger partial charge is 0.131 e. The molecule has 0 aromatic heterocycles. The average molecular weight is 212 g/mol. The Balaban J connectivity index is 2.28. The van der Waals surface area contributed by atoms with E-state index in [1.165, 1.54) is 11.6 Å². The van der Waals surface area contributed by atoms with Crippen LogP contribution in [0.2, 0.25) is 5.02 Å². The van der Waals surface area contributed by atoms with Gasteiger partial charge in [-0.3, -0.25) is 0 Å². The van der Waals surface area contributed by atoms with Crippen LogP contribution in [0.3, 0.4) is 0 Å². The summed E-state index contributed by atoms with van der Waals surface area (Å²) < 4.78 is 13.4. The summed E-state index contributed by atoms with van der Waals surface area (Å²) in [6.45, 7) is 1.85. The summed E-state index contributed by atoms with van der Waals surface area (Å²) in [6.07, 6.45) is 2.90. The molecule has 0 unspecified atom stereocenters. The van der Waals surface area contributed by atoms with Gasteiger partial charge in [0.25, 0.3) is 0 Å². The molecule has 0 aliphatic carbocycles. The van der Waals surface area contributed by atoms with E-state index in [-0.39, 0.29) is 5.82 Å². The van der Waals surface area contributed by atoms with Crippen LogP contribution in [0.25, 0.3) is 6.08 Å². The monoisotopic (exact) mass is 211 g/mol. The van der Waals surface area contributed by atoms with Crippen LogP contribution in [-0.4, -0.2) is 13.1 Å². The number of nitrogens with one attached hydrogen (secondary N) is 1. The molecule has 0 amide bonds. The number of hydrogen-bond acceptors (Lipinski definition) is 1. The zero-order chi connectivity index (χ0) is 9.97. The highest BCUT2D eigenvalue weighted by molar-refractivity contribution is 6.30. The van der Waals surface area contributed by atoms with Gasteiger partial charge in [-0.15, -0.1) is 0 Å². The Morgan fingerprint density at radius 2 is 2.29 bits per heavy atom. The molecule has 0 saturated carbocycles. The third-order valence-electron chi connectivity index (χ3n) is 2.30. The predicted molar refractivity (Wildman–Crippen MR) is 56.9 cm³/mol. The van der Waals surface area contributed by atoms with E-state index >= 15 is 0 Å². The highest BCUT2D eigenvalue weighted by Crippen LogP contribution is 2.18. The van der Waals surface area contributed by atoms with Crippen molar-refractivity contribution >= 4 is 17.7 Å². The Morgan fingerprint density at radius 1 is 1.43 bits per heavy atom. The second kappa shape index (κ2) is 4.11. The third-order valence-corrected chi connectivity index (χ3v) is 2.53. The second-order valence-corrected chi connectivity index (χ2v) is 3.83. The lowest BCUT2D eigenvalue weighted by atomic mass is 10.1. The molecule has 0 radical (unpaired) electrons. The Bertz CT molecular complexity index is 366. The highest BCUT2D eigenvalue weighted by atomic mass is 35.5. The molecule has 2 rings (SSSR count). The molecule has 0 spiro atoms. The maximum absolute atomic E-state index is 13.4. The Kier molecular flexibility index (Phi) is 2.85. The van der Waals surface area contributed by atoms with Crippen LogP contribution in [0, 0.1) is 5.82 Å². The minimum atomic E-state index is -0.253. The van der Waals surface area contributed by atoms with Gasteiger partial charge in [0.05, 0.1) is 0 Å². The van der Waals surface area contributed by atoms with Crippen molar-refractivity contribution in [1.82, 2.24) is 5.32 Å². The van der Waals surface area contributed by atoms with Crippen LogP contribution < -0.4 is 5.32 Å². The summed E-state index contributed by atoms with van der Waals surface area (Å²) in [7, 11) is 0. The van der Waals surface area contributed by atoms with Crippen molar-refractivity contribution in [3.05, 3.63) is 40.2 Å². The van der Waals surface area contributed by atoms with Crippen molar-refractivity contribution in [2.24, 2.45) is 0 Å². The molecule has 0 atom stereocenters. The van der Waals surface area contributed by atoms with Crippen molar-refractivity contribution < 1.29 is 4.39 Å². The minimum absolute atomic E-state index is 0.253. The van der Waals surface area contributed by atoms with Gasteiger partial charge in [-0.1, -0.05) is 29.3 Å². The Morgan fingerprint density at radius 3 is 2.93 bits per heavy atom. The number of halogens is 2. The molecule has 74 valence electrons. The first-order chi connectivity index (χ1) is 6.75. The van der Waals surface area contributed by atoms with E-state index in [2.05, 4.69) is 5.32 Å². The van der Waals surface area contributed by atoms with Gasteiger partial charge in [0.1, 0.15) is 5.82 Å². The fourth-order valence-corrected chi connectivity index (χ4v) is 1.71. The number of rotatable bonds is 1. The molecule has 1 heterocycles. The summed E-state index contributed by atoms with van der Waals surface area (Å²) in [6, 6.07) is 4.76. The molecule has 1 N–H and O–H groups in total. The van der Waals surface area contributed by atoms with Crippen molar-refractivity contribution in [3.8, 4) is 0 Å². The molecule has 1 aromatic rings. The second-order valence-electron chi connectivity index (χ2n) is 3.40. The molecule has 3 heteroatoms. The van der Waals surface area contributed by atoms with Crippen LogP contribution in [-0.2, 0) is 0 Å². The fraction of sp³-hybridized carbons (Fsp3) is 0.273. The molecule has 1 nitrogen and oxygen atoms in total. The maximum Gasteiger partial charge on any atom is 0.131 e. The largest absolute Gasteiger partial charge is 0.313 e. The summed E-state index contributed by atoms with van der Waals surface area (Å²) in [5.41, 5.74) is 1.86. The van der Waals surface area contributed by atoms with Gasteiger partial charge in [0, 0.05) is 17.1 Å². The van der Waals surface area contributed by atoms with E-state index in [9.17, 15) is 4.39 Å². The van der Waals surface area contributed by atoms with Crippen molar-refractivity contribution in [2.75, 3.05) is 13.1 Å². The SMILES string of the molecule is Fc1cc(Cl)ccc1/C=C1/CCNC1. The molecule has 1 aliphatic heterocycles.